The summed E-state index contributed by atoms with van der Waals surface area (Å²) in [7, 11) is 0. The van der Waals surface area contributed by atoms with Crippen molar-refractivity contribution in [2.75, 3.05) is 6.61 Å². The van der Waals surface area contributed by atoms with Crippen molar-refractivity contribution in [3.63, 3.8) is 0 Å². The van der Waals surface area contributed by atoms with Crippen LogP contribution in [0.25, 0.3) is 0 Å². The van der Waals surface area contributed by atoms with Crippen molar-refractivity contribution in [2.24, 2.45) is 5.92 Å². The van der Waals surface area contributed by atoms with E-state index in [1.54, 1.807) is 0 Å². The summed E-state index contributed by atoms with van der Waals surface area (Å²) in [4.78, 5) is 21.2. The fourth-order valence-electron chi connectivity index (χ4n) is 1.59. The Bertz CT molecular complexity index is 213. The lowest BCUT2D eigenvalue weighted by Gasteiger charge is -2.14. The van der Waals surface area contributed by atoms with Gasteiger partial charge < -0.3 is 9.84 Å². The molecule has 0 aliphatic rings. The molecule has 0 fully saturated rings. The van der Waals surface area contributed by atoms with Gasteiger partial charge in [0.15, 0.2) is 0 Å². The number of carbonyl (C=O) groups is 2. The minimum Gasteiger partial charge on any atom is -0.481 e. The number of aliphatic carboxylic acids is 1. The molecule has 0 spiro atoms. The highest BCUT2D eigenvalue weighted by Gasteiger charge is 2.14. The van der Waals surface area contributed by atoms with Gasteiger partial charge in [-0.2, -0.15) is 0 Å². The summed E-state index contributed by atoms with van der Waals surface area (Å²) in [5.74, 6) is -1.21. The zero-order valence-electron chi connectivity index (χ0n) is 10.2. The third-order valence-electron chi connectivity index (χ3n) is 2.45. The second kappa shape index (κ2) is 9.19. The van der Waals surface area contributed by atoms with E-state index in [1.807, 2.05) is 0 Å². The Balaban J connectivity index is 3.80. The molecule has 0 bridgehead atoms. The second-order valence-corrected chi connectivity index (χ2v) is 4.12. The predicted molar refractivity (Wildman–Crippen MR) is 61.1 cm³/mol. The first-order valence-electron chi connectivity index (χ1n) is 5.91. The molecule has 0 aliphatic carbocycles. The number of carboxylic acid groups (broad SMARTS) is 1. The smallest absolute Gasteiger partial charge is 0.303 e. The normalized spacial score (nSPS) is 12.1. The summed E-state index contributed by atoms with van der Waals surface area (Å²) in [6, 6.07) is 0. The molecule has 4 heteroatoms. The Hall–Kier alpha value is -1.06. The van der Waals surface area contributed by atoms with Crippen molar-refractivity contribution in [1.82, 2.24) is 0 Å². The molecule has 1 unspecified atom stereocenters. The molecular formula is C12H22O4. The Morgan fingerprint density at radius 2 is 1.94 bits per heavy atom. The molecule has 0 saturated heterocycles. The summed E-state index contributed by atoms with van der Waals surface area (Å²) in [5.41, 5.74) is 0. The number of unbranched alkanes of at least 4 members (excludes halogenated alkanes) is 3. The zero-order valence-corrected chi connectivity index (χ0v) is 10.2. The summed E-state index contributed by atoms with van der Waals surface area (Å²) < 4.78 is 4.86. The lowest BCUT2D eigenvalue weighted by atomic mass is 9.98. The van der Waals surface area contributed by atoms with Gasteiger partial charge in [-0.25, -0.2) is 0 Å². The van der Waals surface area contributed by atoms with Crippen LogP contribution in [-0.4, -0.2) is 23.7 Å². The minimum absolute atomic E-state index is 0.0433. The largest absolute Gasteiger partial charge is 0.481 e. The Labute approximate surface area is 97.0 Å². The highest BCUT2D eigenvalue weighted by Crippen LogP contribution is 2.15. The Kier molecular flexibility index (Phi) is 8.58. The first-order valence-corrected chi connectivity index (χ1v) is 5.91. The lowest BCUT2D eigenvalue weighted by molar-refractivity contribution is -0.145. The maximum Gasteiger partial charge on any atom is 0.303 e. The minimum atomic E-state index is -0.826. The van der Waals surface area contributed by atoms with Gasteiger partial charge in [-0.05, 0) is 6.42 Å². The van der Waals surface area contributed by atoms with Crippen LogP contribution in [0.2, 0.25) is 0 Å². The van der Waals surface area contributed by atoms with Gasteiger partial charge in [0.05, 0.1) is 13.0 Å². The predicted octanol–water partition coefficient (Wildman–Crippen LogP) is 2.61. The van der Waals surface area contributed by atoms with Gasteiger partial charge in [-0.3, -0.25) is 9.59 Å². The van der Waals surface area contributed by atoms with E-state index < -0.39 is 5.97 Å². The number of carboxylic acids is 1. The van der Waals surface area contributed by atoms with E-state index in [9.17, 15) is 9.59 Å². The summed E-state index contributed by atoms with van der Waals surface area (Å²) >= 11 is 0. The molecule has 0 aromatic carbocycles. The van der Waals surface area contributed by atoms with Crippen molar-refractivity contribution < 1.29 is 19.4 Å². The van der Waals surface area contributed by atoms with Crippen LogP contribution in [0.1, 0.15) is 52.4 Å². The van der Waals surface area contributed by atoms with Crippen LogP contribution in [0.4, 0.5) is 0 Å². The van der Waals surface area contributed by atoms with E-state index in [2.05, 4.69) is 6.92 Å². The SMILES string of the molecule is CCCCCCC(COC(C)=O)CC(=O)O. The topological polar surface area (TPSA) is 63.6 Å². The molecule has 0 amide bonds. The first kappa shape index (κ1) is 14.9. The van der Waals surface area contributed by atoms with Crippen molar-refractivity contribution in [1.29, 1.82) is 0 Å². The number of hydrogen-bond acceptors (Lipinski definition) is 3. The third kappa shape index (κ3) is 9.49. The first-order chi connectivity index (χ1) is 7.56. The van der Waals surface area contributed by atoms with E-state index in [0.29, 0.717) is 0 Å². The van der Waals surface area contributed by atoms with Gasteiger partial charge in [0.1, 0.15) is 0 Å². The van der Waals surface area contributed by atoms with Gasteiger partial charge >= 0.3 is 11.9 Å². The molecule has 0 saturated carbocycles. The molecule has 16 heavy (non-hydrogen) atoms. The van der Waals surface area contributed by atoms with Gasteiger partial charge in [0.2, 0.25) is 0 Å². The van der Waals surface area contributed by atoms with Crippen molar-refractivity contribution >= 4 is 11.9 Å². The third-order valence-corrected chi connectivity index (χ3v) is 2.45. The molecule has 0 heterocycles. The molecule has 94 valence electrons. The van der Waals surface area contributed by atoms with Crippen LogP contribution in [0.15, 0.2) is 0 Å². The fraction of sp³-hybridized carbons (Fsp3) is 0.833. The monoisotopic (exact) mass is 230 g/mol. The van der Waals surface area contributed by atoms with Gasteiger partial charge in [-0.1, -0.05) is 32.6 Å². The standard InChI is InChI=1S/C12H22O4/c1-3-4-5-6-7-11(8-12(14)15)9-16-10(2)13/h11H,3-9H2,1-2H3,(H,14,15). The molecule has 1 N–H and O–H groups in total. The molecule has 0 aromatic rings. The number of rotatable bonds is 9. The molecule has 1 atom stereocenters. The number of ether oxygens (including phenoxy) is 1. The van der Waals surface area contributed by atoms with E-state index in [4.69, 9.17) is 9.84 Å². The molecule has 4 nitrogen and oxygen atoms in total. The fourth-order valence-corrected chi connectivity index (χ4v) is 1.59. The van der Waals surface area contributed by atoms with Gasteiger partial charge in [0, 0.05) is 12.8 Å². The average Bonchev–Trinajstić information content (AvgIpc) is 2.19. The molecule has 0 aromatic heterocycles. The van der Waals surface area contributed by atoms with Crippen LogP contribution in [-0.2, 0) is 14.3 Å². The van der Waals surface area contributed by atoms with Gasteiger partial charge in [0.25, 0.3) is 0 Å². The zero-order chi connectivity index (χ0) is 12.4. The van der Waals surface area contributed by atoms with Crippen molar-refractivity contribution in [2.45, 2.75) is 52.4 Å². The summed E-state index contributed by atoms with van der Waals surface area (Å²) in [6.45, 7) is 3.70. The van der Waals surface area contributed by atoms with Crippen LogP contribution in [0.5, 0.6) is 0 Å². The van der Waals surface area contributed by atoms with E-state index in [1.165, 1.54) is 13.3 Å². The quantitative estimate of drug-likeness (QED) is 0.488. The van der Waals surface area contributed by atoms with E-state index >= 15 is 0 Å². The Morgan fingerprint density at radius 3 is 2.44 bits per heavy atom. The van der Waals surface area contributed by atoms with Crippen molar-refractivity contribution in [3.05, 3.63) is 0 Å². The second-order valence-electron chi connectivity index (χ2n) is 4.12. The maximum absolute atomic E-state index is 10.6. The number of hydrogen-bond donors (Lipinski definition) is 1. The summed E-state index contributed by atoms with van der Waals surface area (Å²) in [6.07, 6.45) is 5.36. The average molecular weight is 230 g/mol. The molecular weight excluding hydrogens is 208 g/mol. The highest BCUT2D eigenvalue weighted by molar-refractivity contribution is 5.67. The van der Waals surface area contributed by atoms with Crippen LogP contribution in [0.3, 0.4) is 0 Å². The van der Waals surface area contributed by atoms with Crippen LogP contribution < -0.4 is 0 Å². The highest BCUT2D eigenvalue weighted by atomic mass is 16.5. The molecule has 0 aliphatic heterocycles. The van der Waals surface area contributed by atoms with Crippen LogP contribution >= 0.6 is 0 Å². The van der Waals surface area contributed by atoms with E-state index in [-0.39, 0.29) is 24.9 Å². The Morgan fingerprint density at radius 1 is 1.25 bits per heavy atom. The summed E-state index contributed by atoms with van der Waals surface area (Å²) in [5, 5.41) is 8.71. The van der Waals surface area contributed by atoms with Crippen molar-refractivity contribution in [3.8, 4) is 0 Å². The van der Waals surface area contributed by atoms with Crippen LogP contribution in [0, 0.1) is 5.92 Å². The molecule has 0 radical (unpaired) electrons. The molecule has 0 rings (SSSR count). The van der Waals surface area contributed by atoms with Gasteiger partial charge in [-0.15, -0.1) is 0 Å². The maximum atomic E-state index is 10.6. The van der Waals surface area contributed by atoms with E-state index in [0.717, 1.165) is 25.7 Å². The number of carbonyl (C=O) groups excluding carboxylic acids is 1. The lowest BCUT2D eigenvalue weighted by Crippen LogP contribution is -2.16. The number of esters is 1.